The molecule has 0 radical (unpaired) electrons. The van der Waals surface area contributed by atoms with Crippen LogP contribution < -0.4 is 10.2 Å². The topological polar surface area (TPSA) is 61.3 Å². The monoisotopic (exact) mass is 362 g/mol. The molecule has 0 bridgehead atoms. The van der Waals surface area contributed by atoms with Crippen LogP contribution in [0.3, 0.4) is 0 Å². The van der Waals surface area contributed by atoms with Crippen LogP contribution in [0.4, 0.5) is 11.8 Å². The lowest BCUT2D eigenvalue weighted by atomic mass is 10.00. The van der Waals surface area contributed by atoms with Gasteiger partial charge in [0.05, 0.1) is 6.61 Å². The molecule has 0 amide bonds. The zero-order valence-electron chi connectivity index (χ0n) is 12.5. The lowest BCUT2D eigenvalue weighted by molar-refractivity contribution is 0.281. The molecule has 6 heteroatoms. The van der Waals surface area contributed by atoms with Gasteiger partial charge in [0.2, 0.25) is 5.95 Å². The fourth-order valence-electron chi connectivity index (χ4n) is 2.58. The van der Waals surface area contributed by atoms with Gasteiger partial charge in [-0.3, -0.25) is 0 Å². The molecule has 3 rings (SSSR count). The highest BCUT2D eigenvalue weighted by Gasteiger charge is 2.18. The Balaban J connectivity index is 1.79. The van der Waals surface area contributed by atoms with E-state index in [4.69, 9.17) is 5.11 Å². The Labute approximate surface area is 138 Å². The number of hydrogen-bond donors (Lipinski definition) is 2. The number of aromatic nitrogens is 2. The maximum atomic E-state index is 9.12. The van der Waals surface area contributed by atoms with Crippen molar-refractivity contribution in [2.24, 2.45) is 0 Å². The molecule has 0 spiro atoms. The molecule has 0 saturated heterocycles. The van der Waals surface area contributed by atoms with Gasteiger partial charge in [0.25, 0.3) is 0 Å². The molecular formula is C16H19BrN4O. The van der Waals surface area contributed by atoms with Gasteiger partial charge in [0.15, 0.2) is 0 Å². The van der Waals surface area contributed by atoms with Crippen molar-refractivity contribution in [3.63, 3.8) is 0 Å². The summed E-state index contributed by atoms with van der Waals surface area (Å²) in [6, 6.07) is 8.32. The Morgan fingerprint density at radius 3 is 3.05 bits per heavy atom. The number of aliphatic hydroxyl groups excluding tert-OH is 1. The molecule has 0 aliphatic carbocycles. The minimum Gasteiger partial charge on any atom is -0.394 e. The van der Waals surface area contributed by atoms with Gasteiger partial charge in [0.1, 0.15) is 5.82 Å². The largest absolute Gasteiger partial charge is 0.394 e. The second kappa shape index (κ2) is 6.62. The van der Waals surface area contributed by atoms with Crippen molar-refractivity contribution >= 4 is 27.7 Å². The molecule has 1 atom stereocenters. The van der Waals surface area contributed by atoms with E-state index in [9.17, 15) is 0 Å². The Bertz CT molecular complexity index is 664. The highest BCUT2D eigenvalue weighted by atomic mass is 79.9. The van der Waals surface area contributed by atoms with Crippen LogP contribution in [0.1, 0.15) is 18.1 Å². The van der Waals surface area contributed by atoms with E-state index in [2.05, 4.69) is 54.3 Å². The van der Waals surface area contributed by atoms with Crippen LogP contribution in [0.25, 0.3) is 0 Å². The molecule has 2 N–H and O–H groups in total. The average Bonchev–Trinajstić information content (AvgIpc) is 2.54. The standard InChI is InChI=1S/C16H19BrN4O/c1-11(10-22)19-16-18-6-4-15(20-16)21-7-5-12-2-3-14(17)8-13(12)9-21/h2-4,6,8,11,22H,5,7,9-10H2,1H3,(H,18,19,20)/t11-/m1/s1. The number of fused-ring (bicyclic) bond motifs is 1. The summed E-state index contributed by atoms with van der Waals surface area (Å²) >= 11 is 3.54. The normalized spacial score (nSPS) is 15.3. The summed E-state index contributed by atoms with van der Waals surface area (Å²) in [7, 11) is 0. The van der Waals surface area contributed by atoms with Crippen LogP contribution in [0.15, 0.2) is 34.9 Å². The third-order valence-corrected chi connectivity index (χ3v) is 4.29. The van der Waals surface area contributed by atoms with Crippen molar-refractivity contribution < 1.29 is 5.11 Å². The number of rotatable bonds is 4. The van der Waals surface area contributed by atoms with E-state index in [0.29, 0.717) is 5.95 Å². The van der Waals surface area contributed by atoms with Crippen molar-refractivity contribution in [2.45, 2.75) is 25.9 Å². The van der Waals surface area contributed by atoms with E-state index in [-0.39, 0.29) is 12.6 Å². The summed E-state index contributed by atoms with van der Waals surface area (Å²) in [5.74, 6) is 1.47. The lowest BCUT2D eigenvalue weighted by Gasteiger charge is -2.30. The molecule has 0 unspecified atom stereocenters. The van der Waals surface area contributed by atoms with Gasteiger partial charge in [-0.2, -0.15) is 4.98 Å². The molecule has 2 heterocycles. The quantitative estimate of drug-likeness (QED) is 0.875. The molecule has 2 aromatic rings. The molecule has 1 aromatic carbocycles. The molecule has 0 saturated carbocycles. The van der Waals surface area contributed by atoms with Gasteiger partial charge >= 0.3 is 0 Å². The van der Waals surface area contributed by atoms with E-state index in [0.717, 1.165) is 29.8 Å². The number of benzene rings is 1. The van der Waals surface area contributed by atoms with Crippen LogP contribution in [-0.2, 0) is 13.0 Å². The number of nitrogens with zero attached hydrogens (tertiary/aromatic N) is 3. The first-order valence-electron chi connectivity index (χ1n) is 7.38. The number of aliphatic hydroxyl groups is 1. The minimum absolute atomic E-state index is 0.0543. The number of nitrogens with one attached hydrogen (secondary N) is 1. The Morgan fingerprint density at radius 2 is 2.23 bits per heavy atom. The van der Waals surface area contributed by atoms with E-state index >= 15 is 0 Å². The number of anilines is 2. The van der Waals surface area contributed by atoms with Crippen LogP contribution in [0.2, 0.25) is 0 Å². The zero-order valence-corrected chi connectivity index (χ0v) is 14.0. The first-order valence-corrected chi connectivity index (χ1v) is 8.17. The molecule has 0 fully saturated rings. The molecular weight excluding hydrogens is 344 g/mol. The highest BCUT2D eigenvalue weighted by Crippen LogP contribution is 2.26. The van der Waals surface area contributed by atoms with Crippen LogP contribution in [0, 0.1) is 0 Å². The Kier molecular flexibility index (Phi) is 4.59. The summed E-state index contributed by atoms with van der Waals surface area (Å²) in [6.07, 6.45) is 2.77. The second-order valence-corrected chi connectivity index (χ2v) is 6.47. The lowest BCUT2D eigenvalue weighted by Crippen LogP contribution is -2.31. The average molecular weight is 363 g/mol. The van der Waals surface area contributed by atoms with Gasteiger partial charge in [-0.25, -0.2) is 4.98 Å². The fraction of sp³-hybridized carbons (Fsp3) is 0.375. The first-order chi connectivity index (χ1) is 10.7. The van der Waals surface area contributed by atoms with Gasteiger partial charge in [-0.1, -0.05) is 22.0 Å². The fourth-order valence-corrected chi connectivity index (χ4v) is 2.99. The van der Waals surface area contributed by atoms with E-state index in [1.54, 1.807) is 6.20 Å². The van der Waals surface area contributed by atoms with E-state index < -0.39 is 0 Å². The maximum Gasteiger partial charge on any atom is 0.224 e. The van der Waals surface area contributed by atoms with Gasteiger partial charge in [-0.05, 0) is 42.7 Å². The zero-order chi connectivity index (χ0) is 15.5. The van der Waals surface area contributed by atoms with Crippen LogP contribution in [-0.4, -0.2) is 34.3 Å². The third kappa shape index (κ3) is 3.39. The summed E-state index contributed by atoms with van der Waals surface area (Å²) < 4.78 is 1.11. The molecule has 22 heavy (non-hydrogen) atoms. The van der Waals surface area contributed by atoms with E-state index in [1.807, 2.05) is 13.0 Å². The summed E-state index contributed by atoms with van der Waals surface area (Å²) in [5, 5.41) is 12.2. The molecule has 1 aliphatic rings. The highest BCUT2D eigenvalue weighted by molar-refractivity contribution is 9.10. The maximum absolute atomic E-state index is 9.12. The van der Waals surface area contributed by atoms with Gasteiger partial charge < -0.3 is 15.3 Å². The van der Waals surface area contributed by atoms with Crippen molar-refractivity contribution in [3.05, 3.63) is 46.1 Å². The van der Waals surface area contributed by atoms with Gasteiger partial charge in [0, 0.05) is 29.8 Å². The smallest absolute Gasteiger partial charge is 0.224 e. The predicted octanol–water partition coefficient (Wildman–Crippen LogP) is 2.59. The van der Waals surface area contributed by atoms with E-state index in [1.165, 1.54) is 11.1 Å². The molecule has 1 aliphatic heterocycles. The first kappa shape index (κ1) is 15.2. The number of halogens is 1. The Hall–Kier alpha value is -1.66. The van der Waals surface area contributed by atoms with Gasteiger partial charge in [-0.15, -0.1) is 0 Å². The van der Waals surface area contributed by atoms with Crippen LogP contribution in [0.5, 0.6) is 0 Å². The molecule has 116 valence electrons. The number of hydrogen-bond acceptors (Lipinski definition) is 5. The Morgan fingerprint density at radius 1 is 1.36 bits per heavy atom. The molecule has 1 aromatic heterocycles. The summed E-state index contributed by atoms with van der Waals surface area (Å²) in [6.45, 7) is 3.74. The van der Waals surface area contributed by atoms with Crippen molar-refractivity contribution in [1.29, 1.82) is 0 Å². The third-order valence-electron chi connectivity index (χ3n) is 3.79. The second-order valence-electron chi connectivity index (χ2n) is 5.55. The van der Waals surface area contributed by atoms with Crippen LogP contribution >= 0.6 is 15.9 Å². The van der Waals surface area contributed by atoms with Crippen molar-refractivity contribution in [2.75, 3.05) is 23.4 Å². The van der Waals surface area contributed by atoms with Crippen molar-refractivity contribution in [1.82, 2.24) is 9.97 Å². The minimum atomic E-state index is -0.0618. The summed E-state index contributed by atoms with van der Waals surface area (Å²) in [5.41, 5.74) is 2.73. The summed E-state index contributed by atoms with van der Waals surface area (Å²) in [4.78, 5) is 11.0. The van der Waals surface area contributed by atoms with Crippen molar-refractivity contribution in [3.8, 4) is 0 Å². The predicted molar refractivity (Wildman–Crippen MR) is 91.1 cm³/mol. The SMILES string of the molecule is C[C@H](CO)Nc1nccc(N2CCc3ccc(Br)cc3C2)n1. The molecule has 5 nitrogen and oxygen atoms in total.